The summed E-state index contributed by atoms with van der Waals surface area (Å²) in [5.74, 6) is 0.637. The molecule has 5 aliphatic rings. The molecule has 5 aliphatic carbocycles. The third kappa shape index (κ3) is 3.09. The first-order chi connectivity index (χ1) is 11.9. The minimum absolute atomic E-state index is 0.0904. The zero-order valence-corrected chi connectivity index (χ0v) is 16.1. The van der Waals surface area contributed by atoms with Crippen LogP contribution >= 0.6 is 15.9 Å². The van der Waals surface area contributed by atoms with Crippen LogP contribution in [0.2, 0.25) is 0 Å². The highest BCUT2D eigenvalue weighted by atomic mass is 79.9. The molecule has 0 aromatic rings. The first-order valence-corrected chi connectivity index (χ1v) is 10.2. The molecule has 25 heavy (non-hydrogen) atoms. The van der Waals surface area contributed by atoms with E-state index < -0.39 is 11.0 Å². The molecule has 1 amide bonds. The molecule has 5 nitrogen and oxygen atoms in total. The highest BCUT2D eigenvalue weighted by Gasteiger charge is 2.60. The van der Waals surface area contributed by atoms with E-state index in [9.17, 15) is 14.9 Å². The Morgan fingerprint density at radius 1 is 1.16 bits per heavy atom. The van der Waals surface area contributed by atoms with Crippen LogP contribution in [0.4, 0.5) is 0 Å². The summed E-state index contributed by atoms with van der Waals surface area (Å²) in [6, 6.07) is 2.23. The van der Waals surface area contributed by atoms with E-state index in [0.29, 0.717) is 24.7 Å². The van der Waals surface area contributed by atoms with Crippen LogP contribution in [0.5, 0.6) is 0 Å². The maximum Gasteiger partial charge on any atom is 0.312 e. The fourth-order valence-electron chi connectivity index (χ4n) is 6.22. The Balaban J connectivity index is 1.36. The molecular weight excluding hydrogens is 384 g/mol. The number of nitrogens with one attached hydrogen (secondary N) is 1. The summed E-state index contributed by atoms with van der Waals surface area (Å²) in [7, 11) is 0. The number of hydrogen-bond acceptors (Lipinski definition) is 4. The quantitative estimate of drug-likeness (QED) is 0.571. The zero-order chi connectivity index (χ0) is 17.7. The number of alkyl halides is 1. The normalized spacial score (nSPS) is 40.5. The third-order valence-electron chi connectivity index (χ3n) is 6.81. The fourth-order valence-corrected chi connectivity index (χ4v) is 7.67. The van der Waals surface area contributed by atoms with Gasteiger partial charge in [-0.2, -0.15) is 5.26 Å². The third-order valence-corrected chi connectivity index (χ3v) is 7.73. The largest absolute Gasteiger partial charge is 0.455 e. The molecule has 6 heteroatoms. The average molecular weight is 409 g/mol. The standard InChI is InChI=1S/C19H25BrN2O3/c20-18-8-13-5-14(9-18)7-17(6-13,11-18)16(24)25-10-15(23)22-19(12-21)3-1-2-4-19/h13-14H,1-11H2,(H,22,23)/t13-,14+,17?,18?. The van der Waals surface area contributed by atoms with E-state index in [4.69, 9.17) is 4.74 Å². The molecule has 4 atom stereocenters. The summed E-state index contributed by atoms with van der Waals surface area (Å²) in [6.07, 6.45) is 9.44. The number of hydrogen-bond donors (Lipinski definition) is 1. The fraction of sp³-hybridized carbons (Fsp3) is 0.842. The van der Waals surface area contributed by atoms with Gasteiger partial charge >= 0.3 is 5.97 Å². The van der Waals surface area contributed by atoms with Crippen molar-refractivity contribution in [3.63, 3.8) is 0 Å². The van der Waals surface area contributed by atoms with Crippen molar-refractivity contribution in [1.29, 1.82) is 5.26 Å². The van der Waals surface area contributed by atoms with Crippen molar-refractivity contribution in [2.24, 2.45) is 17.3 Å². The van der Waals surface area contributed by atoms with Crippen LogP contribution in [0.1, 0.15) is 64.2 Å². The van der Waals surface area contributed by atoms with Crippen molar-refractivity contribution in [2.45, 2.75) is 74.1 Å². The van der Waals surface area contributed by atoms with Crippen LogP contribution < -0.4 is 5.32 Å². The predicted octanol–water partition coefficient (Wildman–Crippen LogP) is 3.22. The van der Waals surface area contributed by atoms with Gasteiger partial charge < -0.3 is 10.1 Å². The van der Waals surface area contributed by atoms with Crippen LogP contribution in [-0.4, -0.2) is 28.3 Å². The molecule has 5 fully saturated rings. The lowest BCUT2D eigenvalue weighted by Crippen LogP contribution is -2.56. The van der Waals surface area contributed by atoms with Gasteiger partial charge in [0.1, 0.15) is 5.54 Å². The summed E-state index contributed by atoms with van der Waals surface area (Å²) in [5, 5.41) is 12.1. The summed E-state index contributed by atoms with van der Waals surface area (Å²) in [4.78, 5) is 25.1. The van der Waals surface area contributed by atoms with Gasteiger partial charge in [0.25, 0.3) is 5.91 Å². The Morgan fingerprint density at radius 2 is 1.80 bits per heavy atom. The number of ether oxygens (including phenoxy) is 1. The molecular formula is C19H25BrN2O3. The Bertz CT molecular complexity index is 621. The lowest BCUT2D eigenvalue weighted by molar-refractivity contribution is -0.171. The number of esters is 1. The highest BCUT2D eigenvalue weighted by molar-refractivity contribution is 9.10. The van der Waals surface area contributed by atoms with Crippen molar-refractivity contribution >= 4 is 27.8 Å². The number of carbonyl (C=O) groups excluding carboxylic acids is 2. The van der Waals surface area contributed by atoms with Gasteiger partial charge in [-0.25, -0.2) is 0 Å². The van der Waals surface area contributed by atoms with E-state index in [1.54, 1.807) is 0 Å². The maximum atomic E-state index is 12.8. The van der Waals surface area contributed by atoms with E-state index in [1.807, 2.05) is 0 Å². The van der Waals surface area contributed by atoms with Crippen molar-refractivity contribution in [1.82, 2.24) is 5.32 Å². The smallest absolute Gasteiger partial charge is 0.312 e. The van der Waals surface area contributed by atoms with E-state index in [2.05, 4.69) is 27.3 Å². The van der Waals surface area contributed by atoms with Crippen LogP contribution in [0, 0.1) is 28.6 Å². The van der Waals surface area contributed by atoms with Crippen LogP contribution in [-0.2, 0) is 14.3 Å². The second kappa shape index (κ2) is 5.97. The monoisotopic (exact) mass is 408 g/mol. The summed E-state index contributed by atoms with van der Waals surface area (Å²) < 4.78 is 5.54. The number of carbonyl (C=O) groups is 2. The van der Waals surface area contributed by atoms with Crippen LogP contribution in [0.25, 0.3) is 0 Å². The van der Waals surface area contributed by atoms with Gasteiger partial charge in [-0.05, 0) is 76.0 Å². The molecule has 2 unspecified atom stereocenters. The Morgan fingerprint density at radius 3 is 2.36 bits per heavy atom. The van der Waals surface area contributed by atoms with Gasteiger partial charge in [0.05, 0.1) is 11.5 Å². The second-order valence-electron chi connectivity index (χ2n) is 8.92. The molecule has 5 saturated carbocycles. The number of nitrogens with zero attached hydrogens (tertiary/aromatic N) is 1. The van der Waals surface area contributed by atoms with Gasteiger partial charge in [0.2, 0.25) is 0 Å². The molecule has 0 heterocycles. The molecule has 0 aromatic carbocycles. The first kappa shape index (κ1) is 17.3. The number of halogens is 1. The van der Waals surface area contributed by atoms with E-state index >= 15 is 0 Å². The van der Waals surface area contributed by atoms with E-state index in [0.717, 1.165) is 44.9 Å². The Hall–Kier alpha value is -1.09. The van der Waals surface area contributed by atoms with Crippen LogP contribution in [0.3, 0.4) is 0 Å². The first-order valence-electron chi connectivity index (χ1n) is 9.45. The summed E-state index contributed by atoms with van der Waals surface area (Å²) >= 11 is 3.89. The number of amides is 1. The summed E-state index contributed by atoms with van der Waals surface area (Å²) in [6.45, 7) is -0.269. The average Bonchev–Trinajstić information content (AvgIpc) is 2.99. The molecule has 0 radical (unpaired) electrons. The Labute approximate surface area is 157 Å². The summed E-state index contributed by atoms with van der Waals surface area (Å²) in [5.41, 5.74) is -1.17. The molecule has 4 bridgehead atoms. The van der Waals surface area contributed by atoms with Crippen molar-refractivity contribution < 1.29 is 14.3 Å². The molecule has 5 rings (SSSR count). The minimum atomic E-state index is -0.760. The van der Waals surface area contributed by atoms with Crippen LogP contribution in [0.15, 0.2) is 0 Å². The predicted molar refractivity (Wildman–Crippen MR) is 94.7 cm³/mol. The van der Waals surface area contributed by atoms with E-state index in [1.165, 1.54) is 6.42 Å². The van der Waals surface area contributed by atoms with Gasteiger partial charge in [0.15, 0.2) is 6.61 Å². The molecule has 136 valence electrons. The molecule has 0 saturated heterocycles. The van der Waals surface area contributed by atoms with E-state index in [-0.39, 0.29) is 22.8 Å². The van der Waals surface area contributed by atoms with Gasteiger partial charge in [-0.15, -0.1) is 0 Å². The topological polar surface area (TPSA) is 79.2 Å². The lowest BCUT2D eigenvalue weighted by atomic mass is 9.49. The van der Waals surface area contributed by atoms with Crippen molar-refractivity contribution in [3.8, 4) is 6.07 Å². The lowest BCUT2D eigenvalue weighted by Gasteiger charge is -2.58. The number of rotatable bonds is 4. The molecule has 0 spiro atoms. The SMILES string of the molecule is N#CC1(NC(=O)COC(=O)C23C[C@@H]4C[C@@H](CC(Br)(C4)C2)C3)CCCC1. The molecule has 1 N–H and O–H groups in total. The maximum absolute atomic E-state index is 12.8. The van der Waals surface area contributed by atoms with Crippen molar-refractivity contribution in [2.75, 3.05) is 6.61 Å². The zero-order valence-electron chi connectivity index (χ0n) is 14.5. The van der Waals surface area contributed by atoms with Gasteiger partial charge in [-0.3, -0.25) is 9.59 Å². The molecule has 0 aliphatic heterocycles. The van der Waals surface area contributed by atoms with Gasteiger partial charge in [0, 0.05) is 4.32 Å². The molecule has 0 aromatic heterocycles. The highest BCUT2D eigenvalue weighted by Crippen LogP contribution is 2.64. The van der Waals surface area contributed by atoms with Gasteiger partial charge in [-0.1, -0.05) is 15.9 Å². The number of nitriles is 1. The second-order valence-corrected chi connectivity index (χ2v) is 10.6. The van der Waals surface area contributed by atoms with Crippen molar-refractivity contribution in [3.05, 3.63) is 0 Å². The minimum Gasteiger partial charge on any atom is -0.455 e. The Kier molecular flexibility index (Phi) is 4.14.